The van der Waals surface area contributed by atoms with Crippen LogP contribution >= 0.6 is 0 Å². The van der Waals surface area contributed by atoms with Gasteiger partial charge in [0.1, 0.15) is 0 Å². The number of rotatable bonds is 6. The third-order valence-electron chi connectivity index (χ3n) is 4.78. The van der Waals surface area contributed by atoms with Gasteiger partial charge in [-0.25, -0.2) is 14.8 Å². The summed E-state index contributed by atoms with van der Waals surface area (Å²) in [6, 6.07) is 12.2. The van der Waals surface area contributed by atoms with E-state index >= 15 is 0 Å². The highest BCUT2D eigenvalue weighted by molar-refractivity contribution is 5.96. The zero-order chi connectivity index (χ0) is 22.5. The summed E-state index contributed by atoms with van der Waals surface area (Å²) in [6.45, 7) is 5.04. The molecule has 0 radical (unpaired) electrons. The van der Waals surface area contributed by atoms with Crippen molar-refractivity contribution >= 4 is 34.5 Å². The first-order valence-corrected chi connectivity index (χ1v) is 9.75. The number of nitrogens with one attached hydrogen (secondary N) is 1. The number of fused-ring (bicyclic) bond motifs is 1. The number of amides is 2. The number of aryl methyl sites for hydroxylation is 3. The van der Waals surface area contributed by atoms with Gasteiger partial charge in [0.2, 0.25) is 5.91 Å². The van der Waals surface area contributed by atoms with Crippen molar-refractivity contribution in [1.82, 2.24) is 14.9 Å². The van der Waals surface area contributed by atoms with Gasteiger partial charge in [-0.3, -0.25) is 9.59 Å². The second-order valence-electron chi connectivity index (χ2n) is 7.34. The van der Waals surface area contributed by atoms with Crippen molar-refractivity contribution in [2.45, 2.75) is 20.8 Å². The molecule has 0 bridgehead atoms. The lowest BCUT2D eigenvalue weighted by Crippen LogP contribution is -2.37. The van der Waals surface area contributed by atoms with Crippen LogP contribution in [0.15, 0.2) is 42.5 Å². The number of aromatic nitrogens is 2. The molecule has 2 amide bonds. The zero-order valence-corrected chi connectivity index (χ0v) is 17.9. The number of ether oxygens (including phenoxy) is 1. The van der Waals surface area contributed by atoms with Gasteiger partial charge in [-0.1, -0.05) is 17.7 Å². The van der Waals surface area contributed by atoms with Crippen LogP contribution in [0.1, 0.15) is 27.3 Å². The molecule has 3 aromatic rings. The molecule has 2 aromatic carbocycles. The molecule has 160 valence electrons. The maximum Gasteiger partial charge on any atom is 0.338 e. The van der Waals surface area contributed by atoms with Crippen LogP contribution in [0.25, 0.3) is 11.0 Å². The summed E-state index contributed by atoms with van der Waals surface area (Å²) in [5, 5.41) is 2.72. The lowest BCUT2D eigenvalue weighted by molar-refractivity contribution is -0.136. The minimum atomic E-state index is -0.646. The number of benzene rings is 2. The van der Waals surface area contributed by atoms with E-state index in [0.29, 0.717) is 16.7 Å². The van der Waals surface area contributed by atoms with Crippen LogP contribution in [0.3, 0.4) is 0 Å². The number of esters is 1. The lowest BCUT2D eigenvalue weighted by Gasteiger charge is -2.17. The minimum absolute atomic E-state index is 0.158. The van der Waals surface area contributed by atoms with Gasteiger partial charge in [-0.2, -0.15) is 0 Å². The van der Waals surface area contributed by atoms with Crippen molar-refractivity contribution in [2.75, 3.05) is 25.5 Å². The van der Waals surface area contributed by atoms with E-state index in [0.717, 1.165) is 17.0 Å². The topological polar surface area (TPSA) is 101 Å². The van der Waals surface area contributed by atoms with Gasteiger partial charge in [-0.15, -0.1) is 0 Å². The number of anilines is 1. The maximum absolute atomic E-state index is 12.3. The quantitative estimate of drug-likeness (QED) is 0.616. The fourth-order valence-electron chi connectivity index (χ4n) is 2.82. The zero-order valence-electron chi connectivity index (χ0n) is 17.9. The number of hydrogen-bond acceptors (Lipinski definition) is 6. The third kappa shape index (κ3) is 5.63. The smallest absolute Gasteiger partial charge is 0.338 e. The summed E-state index contributed by atoms with van der Waals surface area (Å²) in [5.41, 5.74) is 4.85. The molecule has 0 atom stereocenters. The number of likely N-dealkylation sites (N-methyl/N-ethyl adjacent to an activating group) is 1. The highest BCUT2D eigenvalue weighted by Crippen LogP contribution is 2.15. The predicted molar refractivity (Wildman–Crippen MR) is 117 cm³/mol. The highest BCUT2D eigenvalue weighted by atomic mass is 16.5. The van der Waals surface area contributed by atoms with Gasteiger partial charge in [0.15, 0.2) is 6.61 Å². The Morgan fingerprint density at radius 1 is 0.935 bits per heavy atom. The normalized spacial score (nSPS) is 10.6. The van der Waals surface area contributed by atoms with Crippen LogP contribution in [0, 0.1) is 20.8 Å². The van der Waals surface area contributed by atoms with E-state index in [9.17, 15) is 14.4 Å². The Morgan fingerprint density at radius 3 is 2.26 bits per heavy atom. The van der Waals surface area contributed by atoms with Crippen LogP contribution < -0.4 is 5.32 Å². The Balaban J connectivity index is 1.53. The van der Waals surface area contributed by atoms with Crippen molar-refractivity contribution in [3.8, 4) is 0 Å². The molecule has 8 heteroatoms. The molecule has 3 rings (SSSR count). The second-order valence-corrected chi connectivity index (χ2v) is 7.34. The van der Waals surface area contributed by atoms with Gasteiger partial charge in [0.05, 0.1) is 34.5 Å². The molecule has 8 nitrogen and oxygen atoms in total. The SMILES string of the molecule is Cc1ccc(NC(=O)CN(C)C(=O)COC(=O)c2ccc3nc(C)c(C)nc3c2)cc1. The fourth-order valence-corrected chi connectivity index (χ4v) is 2.82. The summed E-state index contributed by atoms with van der Waals surface area (Å²) >= 11 is 0. The molecule has 1 heterocycles. The molecule has 0 aliphatic carbocycles. The fraction of sp³-hybridized carbons (Fsp3) is 0.261. The maximum atomic E-state index is 12.3. The Labute approximate surface area is 180 Å². The molecule has 0 spiro atoms. The van der Waals surface area contributed by atoms with E-state index in [-0.39, 0.29) is 18.0 Å². The largest absolute Gasteiger partial charge is 0.452 e. The monoisotopic (exact) mass is 420 g/mol. The Kier molecular flexibility index (Phi) is 6.59. The summed E-state index contributed by atoms with van der Waals surface area (Å²) < 4.78 is 5.12. The van der Waals surface area contributed by atoms with E-state index in [1.807, 2.05) is 32.9 Å². The van der Waals surface area contributed by atoms with Crippen LogP contribution in [0.5, 0.6) is 0 Å². The molecule has 0 unspecified atom stereocenters. The molecule has 0 aliphatic rings. The Hall–Kier alpha value is -3.81. The average Bonchev–Trinajstić information content (AvgIpc) is 2.73. The second kappa shape index (κ2) is 9.34. The van der Waals surface area contributed by atoms with Gasteiger partial charge in [-0.05, 0) is 51.1 Å². The van der Waals surface area contributed by atoms with Crippen molar-refractivity contribution in [1.29, 1.82) is 0 Å². The molecule has 0 saturated heterocycles. The van der Waals surface area contributed by atoms with Gasteiger partial charge < -0.3 is 15.0 Å². The molecule has 0 fully saturated rings. The first kappa shape index (κ1) is 21.9. The Bertz CT molecular complexity index is 1140. The molecule has 31 heavy (non-hydrogen) atoms. The number of carbonyl (C=O) groups excluding carboxylic acids is 3. The van der Waals surface area contributed by atoms with E-state index in [1.54, 1.807) is 30.3 Å². The van der Waals surface area contributed by atoms with Gasteiger partial charge in [0, 0.05) is 12.7 Å². The van der Waals surface area contributed by atoms with E-state index in [2.05, 4.69) is 15.3 Å². The summed E-state index contributed by atoms with van der Waals surface area (Å²) in [6.07, 6.45) is 0. The Morgan fingerprint density at radius 2 is 1.58 bits per heavy atom. The van der Waals surface area contributed by atoms with Crippen molar-refractivity contribution in [3.63, 3.8) is 0 Å². The molecule has 0 saturated carbocycles. The number of hydrogen-bond donors (Lipinski definition) is 1. The van der Waals surface area contributed by atoms with Gasteiger partial charge in [0.25, 0.3) is 5.91 Å². The summed E-state index contributed by atoms with van der Waals surface area (Å²) in [7, 11) is 1.47. The van der Waals surface area contributed by atoms with Crippen molar-refractivity contribution < 1.29 is 19.1 Å². The van der Waals surface area contributed by atoms with Crippen molar-refractivity contribution in [2.24, 2.45) is 0 Å². The van der Waals surface area contributed by atoms with E-state index < -0.39 is 18.5 Å². The van der Waals surface area contributed by atoms with Crippen LogP contribution in [-0.2, 0) is 14.3 Å². The lowest BCUT2D eigenvalue weighted by atomic mass is 10.2. The molecular weight excluding hydrogens is 396 g/mol. The molecular formula is C23H24N4O4. The van der Waals surface area contributed by atoms with Crippen LogP contribution in [0.2, 0.25) is 0 Å². The molecule has 0 aliphatic heterocycles. The average molecular weight is 420 g/mol. The molecule has 1 N–H and O–H groups in total. The summed E-state index contributed by atoms with van der Waals surface area (Å²) in [5.74, 6) is -1.47. The highest BCUT2D eigenvalue weighted by Gasteiger charge is 2.17. The molecule has 1 aromatic heterocycles. The number of carbonyl (C=O) groups is 3. The minimum Gasteiger partial charge on any atom is -0.452 e. The van der Waals surface area contributed by atoms with Crippen LogP contribution in [0.4, 0.5) is 5.69 Å². The van der Waals surface area contributed by atoms with E-state index in [4.69, 9.17) is 4.74 Å². The van der Waals surface area contributed by atoms with Crippen LogP contribution in [-0.4, -0.2) is 52.9 Å². The van der Waals surface area contributed by atoms with Gasteiger partial charge >= 0.3 is 5.97 Å². The standard InChI is InChI=1S/C23H24N4O4/c1-14-5-8-18(9-6-14)26-21(28)12-27(4)22(29)13-31-23(30)17-7-10-19-20(11-17)25-16(3)15(2)24-19/h5-11H,12-13H2,1-4H3,(H,26,28). The predicted octanol–water partition coefficient (Wildman–Crippen LogP) is 2.81. The summed E-state index contributed by atoms with van der Waals surface area (Å²) in [4.78, 5) is 46.8. The number of nitrogens with zero attached hydrogens (tertiary/aromatic N) is 3. The van der Waals surface area contributed by atoms with E-state index in [1.165, 1.54) is 11.9 Å². The first-order chi connectivity index (χ1) is 14.7. The van der Waals surface area contributed by atoms with Crippen molar-refractivity contribution in [3.05, 3.63) is 65.0 Å². The third-order valence-corrected chi connectivity index (χ3v) is 4.78. The first-order valence-electron chi connectivity index (χ1n) is 9.75.